The summed E-state index contributed by atoms with van der Waals surface area (Å²) in [5, 5.41) is 14.1. The van der Waals surface area contributed by atoms with Crippen LogP contribution in [0.25, 0.3) is 22.6 Å². The molecule has 6 nitrogen and oxygen atoms in total. The van der Waals surface area contributed by atoms with Crippen LogP contribution in [0.3, 0.4) is 0 Å². The minimum atomic E-state index is -1.06. The van der Waals surface area contributed by atoms with Gasteiger partial charge in [0.1, 0.15) is 5.54 Å². The van der Waals surface area contributed by atoms with Gasteiger partial charge >= 0.3 is 5.97 Å². The van der Waals surface area contributed by atoms with E-state index < -0.39 is 23.5 Å². The molecule has 0 bridgehead atoms. The molecule has 1 fully saturated rings. The number of ether oxygens (including phenoxy) is 1. The molecule has 2 atom stereocenters. The number of hydrogen-bond donors (Lipinski definition) is 1. The largest absolute Gasteiger partial charge is 0.449 e. The van der Waals surface area contributed by atoms with Crippen LogP contribution in [0.1, 0.15) is 93.4 Å². The molecule has 2 aromatic carbocycles. The standard InChI is InChI=1S/C35H38ClN3O3/c1-22(32(40)39-35(21-37)16-8-5-9-17-35)42-33(41)30-27-10-6-7-11-29(27)38-31-24(18-23-12-14-26(36)15-13-23)19-25(20-28(30)31)34(2,3)4/h6-7,10-15,18,22,25H,5,8-9,16-17,19-20H2,1-4H3,(H,39,40). The summed E-state index contributed by atoms with van der Waals surface area (Å²) in [6, 6.07) is 17.6. The number of esters is 1. The molecule has 0 aliphatic heterocycles. The zero-order valence-corrected chi connectivity index (χ0v) is 25.6. The van der Waals surface area contributed by atoms with Gasteiger partial charge in [-0.1, -0.05) is 82.0 Å². The van der Waals surface area contributed by atoms with Crippen LogP contribution < -0.4 is 5.32 Å². The molecule has 2 aliphatic rings. The third-order valence-corrected chi connectivity index (χ3v) is 9.04. The first kappa shape index (κ1) is 29.8. The maximum absolute atomic E-state index is 14.0. The van der Waals surface area contributed by atoms with E-state index in [4.69, 9.17) is 21.3 Å². The number of benzene rings is 2. The van der Waals surface area contributed by atoms with Gasteiger partial charge in [-0.25, -0.2) is 9.78 Å². The fraction of sp³-hybridized carbons (Fsp3) is 0.429. The summed E-state index contributed by atoms with van der Waals surface area (Å²) in [6.07, 6.45) is 6.59. The van der Waals surface area contributed by atoms with Gasteiger partial charge in [0, 0.05) is 10.4 Å². The Kier molecular flexibility index (Phi) is 8.44. The van der Waals surface area contributed by atoms with E-state index in [1.807, 2.05) is 48.5 Å². The van der Waals surface area contributed by atoms with Gasteiger partial charge in [0.2, 0.25) is 0 Å². The first-order valence-electron chi connectivity index (χ1n) is 14.8. The predicted molar refractivity (Wildman–Crippen MR) is 167 cm³/mol. The van der Waals surface area contributed by atoms with Crippen LogP contribution in [0.4, 0.5) is 0 Å². The molecule has 7 heteroatoms. The zero-order valence-electron chi connectivity index (χ0n) is 24.8. The molecule has 2 unspecified atom stereocenters. The maximum Gasteiger partial charge on any atom is 0.339 e. The van der Waals surface area contributed by atoms with Crippen molar-refractivity contribution in [2.75, 3.05) is 0 Å². The molecular formula is C35H38ClN3O3. The van der Waals surface area contributed by atoms with E-state index in [0.29, 0.717) is 40.8 Å². The molecule has 218 valence electrons. The van der Waals surface area contributed by atoms with Crippen LogP contribution in [-0.4, -0.2) is 28.5 Å². The number of nitrogens with one attached hydrogen (secondary N) is 1. The average molecular weight is 584 g/mol. The van der Waals surface area contributed by atoms with Crippen LogP contribution in [-0.2, 0) is 16.0 Å². The highest BCUT2D eigenvalue weighted by Crippen LogP contribution is 2.45. The van der Waals surface area contributed by atoms with Gasteiger partial charge in [-0.3, -0.25) is 4.79 Å². The number of para-hydroxylation sites is 1. The highest BCUT2D eigenvalue weighted by Gasteiger charge is 2.38. The Balaban J connectivity index is 1.55. The van der Waals surface area contributed by atoms with Crippen LogP contribution in [0, 0.1) is 22.7 Å². The summed E-state index contributed by atoms with van der Waals surface area (Å²) in [4.78, 5) is 32.3. The Hall–Kier alpha value is -3.69. The van der Waals surface area contributed by atoms with Crippen molar-refractivity contribution >= 4 is 46.0 Å². The van der Waals surface area contributed by atoms with Crippen LogP contribution in [0.5, 0.6) is 0 Å². The summed E-state index contributed by atoms with van der Waals surface area (Å²) < 4.78 is 5.87. The molecular weight excluding hydrogens is 546 g/mol. The predicted octanol–water partition coefficient (Wildman–Crippen LogP) is 7.93. The van der Waals surface area contributed by atoms with E-state index in [9.17, 15) is 14.9 Å². The minimum Gasteiger partial charge on any atom is -0.449 e. The Bertz CT molecular complexity index is 1570. The van der Waals surface area contributed by atoms with E-state index in [2.05, 4.69) is 38.2 Å². The molecule has 5 rings (SSSR count). The molecule has 1 amide bonds. The Morgan fingerprint density at radius 3 is 2.45 bits per heavy atom. The fourth-order valence-electron chi connectivity index (χ4n) is 6.16. The quantitative estimate of drug-likeness (QED) is 0.308. The molecule has 1 saturated carbocycles. The second kappa shape index (κ2) is 11.9. The normalized spacial score (nSPS) is 19.9. The van der Waals surface area contributed by atoms with E-state index >= 15 is 0 Å². The number of nitrogens with zero attached hydrogens (tertiary/aromatic N) is 2. The molecule has 0 radical (unpaired) electrons. The Morgan fingerprint density at radius 1 is 1.10 bits per heavy atom. The summed E-state index contributed by atoms with van der Waals surface area (Å²) in [5.74, 6) is -0.752. The molecule has 42 heavy (non-hydrogen) atoms. The molecule has 2 aliphatic carbocycles. The smallest absolute Gasteiger partial charge is 0.339 e. The number of carbonyl (C=O) groups excluding carboxylic acids is 2. The Morgan fingerprint density at radius 2 is 1.79 bits per heavy atom. The third kappa shape index (κ3) is 6.22. The number of allylic oxidation sites excluding steroid dienone is 1. The van der Waals surface area contributed by atoms with Gasteiger partial charge in [-0.15, -0.1) is 0 Å². The van der Waals surface area contributed by atoms with Crippen molar-refractivity contribution in [3.63, 3.8) is 0 Å². The summed E-state index contributed by atoms with van der Waals surface area (Å²) in [7, 11) is 0. The number of pyridine rings is 1. The van der Waals surface area contributed by atoms with Gasteiger partial charge in [-0.2, -0.15) is 5.26 Å². The van der Waals surface area contributed by atoms with Gasteiger partial charge in [0.15, 0.2) is 6.10 Å². The lowest BCUT2D eigenvalue weighted by Gasteiger charge is -2.37. The molecule has 1 aromatic heterocycles. The number of nitriles is 1. The number of fused-ring (bicyclic) bond motifs is 2. The Labute approximate surface area is 253 Å². The highest BCUT2D eigenvalue weighted by molar-refractivity contribution is 6.30. The van der Waals surface area contributed by atoms with Crippen LogP contribution >= 0.6 is 11.6 Å². The van der Waals surface area contributed by atoms with Crippen molar-refractivity contribution in [2.45, 2.75) is 84.3 Å². The van der Waals surface area contributed by atoms with Crippen LogP contribution in [0.15, 0.2) is 48.5 Å². The lowest BCUT2D eigenvalue weighted by molar-refractivity contribution is -0.130. The van der Waals surface area contributed by atoms with Gasteiger partial charge in [0.05, 0.1) is 22.8 Å². The maximum atomic E-state index is 14.0. The van der Waals surface area contributed by atoms with Gasteiger partial charge in [-0.05, 0) is 84.9 Å². The van der Waals surface area contributed by atoms with Gasteiger partial charge < -0.3 is 10.1 Å². The number of rotatable bonds is 5. The second-order valence-corrected chi connectivity index (χ2v) is 13.3. The SMILES string of the molecule is CC(OC(=O)c1c2c(nc3ccccc13)C(=Cc1ccc(Cl)cc1)CC(C(C)(C)C)C2)C(=O)NC1(C#N)CCCCC1. The van der Waals surface area contributed by atoms with Crippen molar-refractivity contribution in [1.82, 2.24) is 10.3 Å². The summed E-state index contributed by atoms with van der Waals surface area (Å²) in [6.45, 7) is 8.23. The first-order chi connectivity index (χ1) is 20.0. The lowest BCUT2D eigenvalue weighted by atomic mass is 9.69. The van der Waals surface area contributed by atoms with Gasteiger partial charge in [0.25, 0.3) is 5.91 Å². The monoisotopic (exact) mass is 583 g/mol. The number of halogens is 1. The van der Waals surface area contributed by atoms with Crippen LogP contribution in [0.2, 0.25) is 5.02 Å². The number of aromatic nitrogens is 1. The molecule has 3 aromatic rings. The van der Waals surface area contributed by atoms with E-state index in [-0.39, 0.29) is 11.3 Å². The average Bonchev–Trinajstić information content (AvgIpc) is 2.97. The van der Waals surface area contributed by atoms with E-state index in [1.165, 1.54) is 0 Å². The van der Waals surface area contributed by atoms with E-state index in [0.717, 1.165) is 48.1 Å². The van der Waals surface area contributed by atoms with Crippen molar-refractivity contribution in [3.8, 4) is 6.07 Å². The number of hydrogen-bond acceptors (Lipinski definition) is 5. The highest BCUT2D eigenvalue weighted by atomic mass is 35.5. The summed E-state index contributed by atoms with van der Waals surface area (Å²) in [5.41, 5.74) is 3.92. The van der Waals surface area contributed by atoms with Crippen molar-refractivity contribution in [1.29, 1.82) is 5.26 Å². The van der Waals surface area contributed by atoms with Crippen molar-refractivity contribution in [3.05, 3.63) is 75.9 Å². The lowest BCUT2D eigenvalue weighted by Crippen LogP contribution is -2.52. The van der Waals surface area contributed by atoms with Crippen molar-refractivity contribution in [2.24, 2.45) is 11.3 Å². The third-order valence-electron chi connectivity index (χ3n) is 8.79. The summed E-state index contributed by atoms with van der Waals surface area (Å²) >= 11 is 6.14. The van der Waals surface area contributed by atoms with Crippen molar-refractivity contribution < 1.29 is 14.3 Å². The second-order valence-electron chi connectivity index (χ2n) is 12.8. The van der Waals surface area contributed by atoms with E-state index in [1.54, 1.807) is 6.92 Å². The minimum absolute atomic E-state index is 0.0254. The zero-order chi connectivity index (χ0) is 30.1. The molecule has 0 spiro atoms. The fourth-order valence-corrected chi connectivity index (χ4v) is 6.29. The first-order valence-corrected chi connectivity index (χ1v) is 15.2. The number of amides is 1. The molecule has 1 heterocycles. The molecule has 0 saturated heterocycles. The topological polar surface area (TPSA) is 92.1 Å². The molecule has 1 N–H and O–H groups in total. The number of carbonyl (C=O) groups is 2.